The average molecular weight is 198 g/mol. The van der Waals surface area contributed by atoms with Crippen molar-refractivity contribution in [1.29, 1.82) is 0 Å². The number of hydrogen-bond donors (Lipinski definition) is 1. The first kappa shape index (κ1) is 10.4. The van der Waals surface area contributed by atoms with Crippen LogP contribution in [-0.4, -0.2) is 50.3 Å². The molecule has 2 saturated heterocycles. The lowest BCUT2D eigenvalue weighted by Crippen LogP contribution is -2.37. The lowest BCUT2D eigenvalue weighted by molar-refractivity contribution is 0.0267. The van der Waals surface area contributed by atoms with Crippen molar-refractivity contribution >= 4 is 0 Å². The molecule has 0 aromatic heterocycles. The summed E-state index contributed by atoms with van der Waals surface area (Å²) in [6, 6.07) is 0. The van der Waals surface area contributed by atoms with E-state index in [1.807, 2.05) is 0 Å². The first-order valence-corrected chi connectivity index (χ1v) is 6.00. The Bertz CT molecular complexity index is 151. The molecule has 14 heavy (non-hydrogen) atoms. The Morgan fingerprint density at radius 1 is 1.21 bits per heavy atom. The fraction of sp³-hybridized carbons (Fsp3) is 1.00. The summed E-state index contributed by atoms with van der Waals surface area (Å²) in [5, 5.41) is 3.37. The second-order valence-electron chi connectivity index (χ2n) is 4.39. The fourth-order valence-corrected chi connectivity index (χ4v) is 2.32. The molecule has 2 aliphatic rings. The van der Waals surface area contributed by atoms with E-state index >= 15 is 0 Å². The summed E-state index contributed by atoms with van der Waals surface area (Å²) < 4.78 is 5.84. The molecule has 2 heterocycles. The molecule has 0 aromatic rings. The first-order chi connectivity index (χ1) is 6.95. The van der Waals surface area contributed by atoms with Crippen LogP contribution in [0.3, 0.4) is 0 Å². The molecule has 82 valence electrons. The van der Waals surface area contributed by atoms with E-state index in [4.69, 9.17) is 4.74 Å². The second-order valence-corrected chi connectivity index (χ2v) is 4.39. The minimum atomic E-state index is 0.478. The van der Waals surface area contributed by atoms with Crippen LogP contribution in [0.4, 0.5) is 0 Å². The third-order valence-corrected chi connectivity index (χ3v) is 3.21. The van der Waals surface area contributed by atoms with Crippen molar-refractivity contribution in [2.45, 2.75) is 31.8 Å². The molecule has 0 bridgehead atoms. The maximum Gasteiger partial charge on any atom is 0.0700 e. The highest BCUT2D eigenvalue weighted by Crippen LogP contribution is 2.08. The Hall–Kier alpha value is -0.120. The molecule has 2 aliphatic heterocycles. The quantitative estimate of drug-likeness (QED) is 0.725. The van der Waals surface area contributed by atoms with Crippen LogP contribution in [0.15, 0.2) is 0 Å². The number of likely N-dealkylation sites (tertiary alicyclic amines) is 1. The Balaban J connectivity index is 1.52. The standard InChI is InChI=1S/C11H22N2O/c1-2-7-13(6-1)8-9-14-11-4-3-5-12-10-11/h11-12H,1-10H2. The number of hydrogen-bond acceptors (Lipinski definition) is 3. The molecule has 0 aromatic carbocycles. The van der Waals surface area contributed by atoms with Crippen LogP contribution in [-0.2, 0) is 4.74 Å². The summed E-state index contributed by atoms with van der Waals surface area (Å²) in [5.41, 5.74) is 0. The van der Waals surface area contributed by atoms with Crippen molar-refractivity contribution in [3.8, 4) is 0 Å². The number of piperidine rings is 1. The van der Waals surface area contributed by atoms with Gasteiger partial charge in [0.2, 0.25) is 0 Å². The predicted molar refractivity (Wildman–Crippen MR) is 57.5 cm³/mol. The second kappa shape index (κ2) is 5.69. The van der Waals surface area contributed by atoms with Gasteiger partial charge in [0.15, 0.2) is 0 Å². The zero-order valence-electron chi connectivity index (χ0n) is 9.00. The molecule has 0 aliphatic carbocycles. The van der Waals surface area contributed by atoms with E-state index in [0.29, 0.717) is 6.10 Å². The average Bonchev–Trinajstić information content (AvgIpc) is 2.72. The smallest absolute Gasteiger partial charge is 0.0700 e. The number of rotatable bonds is 4. The van der Waals surface area contributed by atoms with Gasteiger partial charge in [-0.3, -0.25) is 0 Å². The van der Waals surface area contributed by atoms with Gasteiger partial charge in [-0.15, -0.1) is 0 Å². The van der Waals surface area contributed by atoms with Gasteiger partial charge in [-0.25, -0.2) is 0 Å². The molecule has 3 nitrogen and oxygen atoms in total. The van der Waals surface area contributed by atoms with E-state index < -0.39 is 0 Å². The minimum Gasteiger partial charge on any atom is -0.376 e. The largest absolute Gasteiger partial charge is 0.376 e. The Kier molecular flexibility index (Phi) is 4.22. The zero-order valence-corrected chi connectivity index (χ0v) is 9.00. The monoisotopic (exact) mass is 198 g/mol. The first-order valence-electron chi connectivity index (χ1n) is 6.00. The van der Waals surface area contributed by atoms with Crippen molar-refractivity contribution in [2.75, 3.05) is 39.3 Å². The molecule has 1 N–H and O–H groups in total. The van der Waals surface area contributed by atoms with Crippen LogP contribution in [0, 0.1) is 0 Å². The van der Waals surface area contributed by atoms with Crippen molar-refractivity contribution in [2.24, 2.45) is 0 Å². The third-order valence-electron chi connectivity index (χ3n) is 3.21. The van der Waals surface area contributed by atoms with E-state index in [9.17, 15) is 0 Å². The van der Waals surface area contributed by atoms with Gasteiger partial charge in [0, 0.05) is 13.1 Å². The summed E-state index contributed by atoms with van der Waals surface area (Å²) in [5.74, 6) is 0. The van der Waals surface area contributed by atoms with E-state index in [1.54, 1.807) is 0 Å². The lowest BCUT2D eigenvalue weighted by atomic mass is 10.1. The highest BCUT2D eigenvalue weighted by molar-refractivity contribution is 4.70. The van der Waals surface area contributed by atoms with Crippen molar-refractivity contribution in [3.05, 3.63) is 0 Å². The molecule has 2 fully saturated rings. The van der Waals surface area contributed by atoms with Crippen LogP contribution in [0.25, 0.3) is 0 Å². The summed E-state index contributed by atoms with van der Waals surface area (Å²) in [4.78, 5) is 2.51. The molecule has 3 heteroatoms. The Morgan fingerprint density at radius 3 is 2.79 bits per heavy atom. The summed E-state index contributed by atoms with van der Waals surface area (Å²) in [7, 11) is 0. The van der Waals surface area contributed by atoms with Gasteiger partial charge in [0.05, 0.1) is 12.7 Å². The normalized spacial score (nSPS) is 29.6. The molecular formula is C11H22N2O. The van der Waals surface area contributed by atoms with Crippen LogP contribution in [0.2, 0.25) is 0 Å². The highest BCUT2D eigenvalue weighted by Gasteiger charge is 2.15. The van der Waals surface area contributed by atoms with E-state index in [-0.39, 0.29) is 0 Å². The van der Waals surface area contributed by atoms with Crippen molar-refractivity contribution in [3.63, 3.8) is 0 Å². The van der Waals surface area contributed by atoms with E-state index in [1.165, 1.54) is 45.3 Å². The molecule has 0 amide bonds. The Labute approximate surface area is 86.8 Å². The summed E-state index contributed by atoms with van der Waals surface area (Å²) >= 11 is 0. The molecule has 2 rings (SSSR count). The number of nitrogens with one attached hydrogen (secondary N) is 1. The zero-order chi connectivity index (χ0) is 9.64. The van der Waals surface area contributed by atoms with Crippen molar-refractivity contribution in [1.82, 2.24) is 10.2 Å². The van der Waals surface area contributed by atoms with Crippen LogP contribution in [0.1, 0.15) is 25.7 Å². The van der Waals surface area contributed by atoms with E-state index in [2.05, 4.69) is 10.2 Å². The van der Waals surface area contributed by atoms with Gasteiger partial charge in [-0.1, -0.05) is 0 Å². The summed E-state index contributed by atoms with van der Waals surface area (Å²) in [6.45, 7) is 6.85. The van der Waals surface area contributed by atoms with Gasteiger partial charge >= 0.3 is 0 Å². The number of ether oxygens (including phenoxy) is 1. The fourth-order valence-electron chi connectivity index (χ4n) is 2.32. The molecule has 0 radical (unpaired) electrons. The van der Waals surface area contributed by atoms with Gasteiger partial charge in [-0.2, -0.15) is 0 Å². The van der Waals surface area contributed by atoms with Crippen LogP contribution >= 0.6 is 0 Å². The maximum absolute atomic E-state index is 5.84. The molecule has 0 saturated carbocycles. The van der Waals surface area contributed by atoms with Crippen LogP contribution < -0.4 is 5.32 Å². The molecule has 1 unspecified atom stereocenters. The summed E-state index contributed by atoms with van der Waals surface area (Å²) in [6.07, 6.45) is 5.75. The van der Waals surface area contributed by atoms with Gasteiger partial charge < -0.3 is 15.0 Å². The number of nitrogens with zero attached hydrogens (tertiary/aromatic N) is 1. The lowest BCUT2D eigenvalue weighted by Gasteiger charge is -2.24. The van der Waals surface area contributed by atoms with Crippen LogP contribution in [0.5, 0.6) is 0 Å². The minimum absolute atomic E-state index is 0.478. The predicted octanol–water partition coefficient (Wildman–Crippen LogP) is 0.851. The third kappa shape index (κ3) is 3.23. The topological polar surface area (TPSA) is 24.5 Å². The molecular weight excluding hydrogens is 176 g/mol. The SMILES string of the molecule is C1CNCC(OCCN2CCCC2)C1. The molecule has 1 atom stereocenters. The van der Waals surface area contributed by atoms with Gasteiger partial charge in [0.1, 0.15) is 0 Å². The Morgan fingerprint density at radius 2 is 2.07 bits per heavy atom. The highest BCUT2D eigenvalue weighted by atomic mass is 16.5. The van der Waals surface area contributed by atoms with E-state index in [0.717, 1.165) is 19.7 Å². The van der Waals surface area contributed by atoms with Crippen molar-refractivity contribution < 1.29 is 4.74 Å². The molecule has 0 spiro atoms. The van der Waals surface area contributed by atoms with Gasteiger partial charge in [0.25, 0.3) is 0 Å². The van der Waals surface area contributed by atoms with Gasteiger partial charge in [-0.05, 0) is 45.3 Å². The maximum atomic E-state index is 5.84.